The van der Waals surface area contributed by atoms with Crippen molar-refractivity contribution in [2.24, 2.45) is 11.8 Å². The first-order chi connectivity index (χ1) is 9.25. The van der Waals surface area contributed by atoms with Crippen LogP contribution in [-0.2, 0) is 4.79 Å². The number of rotatable bonds is 7. The van der Waals surface area contributed by atoms with Crippen molar-refractivity contribution in [2.75, 3.05) is 20.1 Å². The van der Waals surface area contributed by atoms with Crippen LogP contribution in [-0.4, -0.2) is 54.1 Å². The van der Waals surface area contributed by atoms with Crippen LogP contribution in [0.4, 0.5) is 0 Å². The first-order valence-electron chi connectivity index (χ1n) is 8.02. The number of hydrogen-bond acceptors (Lipinski definition) is 3. The molecule has 1 saturated heterocycles. The lowest BCUT2D eigenvalue weighted by Gasteiger charge is -2.28. The fourth-order valence-corrected chi connectivity index (χ4v) is 2.69. The van der Waals surface area contributed by atoms with E-state index < -0.39 is 0 Å². The monoisotopic (exact) mass is 283 g/mol. The molecule has 2 atom stereocenters. The highest BCUT2D eigenvalue weighted by Crippen LogP contribution is 2.21. The highest BCUT2D eigenvalue weighted by atomic mass is 16.2. The van der Waals surface area contributed by atoms with Gasteiger partial charge in [0.25, 0.3) is 0 Å². The molecule has 0 aromatic heterocycles. The zero-order valence-electron chi connectivity index (χ0n) is 14.3. The molecule has 1 N–H and O–H groups in total. The molecule has 4 heteroatoms. The minimum atomic E-state index is -0.00905. The molecule has 1 aliphatic heterocycles. The Balaban J connectivity index is 2.58. The first kappa shape index (κ1) is 17.4. The van der Waals surface area contributed by atoms with E-state index in [1.54, 1.807) is 0 Å². The Kier molecular flexibility index (Phi) is 6.46. The summed E-state index contributed by atoms with van der Waals surface area (Å²) in [6.07, 6.45) is 1.23. The Hall–Kier alpha value is -0.610. The van der Waals surface area contributed by atoms with Crippen molar-refractivity contribution in [2.45, 2.75) is 66.2 Å². The second-order valence-electron chi connectivity index (χ2n) is 7.04. The number of amides is 1. The van der Waals surface area contributed by atoms with E-state index in [2.05, 4.69) is 63.7 Å². The molecule has 0 spiro atoms. The molecule has 118 valence electrons. The normalized spacial score (nSPS) is 23.9. The Morgan fingerprint density at radius 2 is 1.75 bits per heavy atom. The Morgan fingerprint density at radius 1 is 1.15 bits per heavy atom. The van der Waals surface area contributed by atoms with Gasteiger partial charge in [0.2, 0.25) is 5.91 Å². The van der Waals surface area contributed by atoms with Gasteiger partial charge in [-0.15, -0.1) is 0 Å². The lowest BCUT2D eigenvalue weighted by Crippen LogP contribution is -2.43. The summed E-state index contributed by atoms with van der Waals surface area (Å²) in [5.74, 6) is 1.09. The maximum Gasteiger partial charge on any atom is 0.241 e. The van der Waals surface area contributed by atoms with Crippen LogP contribution in [0.2, 0.25) is 0 Å². The summed E-state index contributed by atoms with van der Waals surface area (Å²) < 4.78 is 0. The van der Waals surface area contributed by atoms with Gasteiger partial charge in [0.1, 0.15) is 0 Å². The fourth-order valence-electron chi connectivity index (χ4n) is 2.69. The summed E-state index contributed by atoms with van der Waals surface area (Å²) in [7, 11) is 2.14. The SMILES string of the molecule is CC(C)C1NC(C(C)C)N(CCCN(C)C(C)C)C1=O. The molecule has 0 radical (unpaired) electrons. The smallest absolute Gasteiger partial charge is 0.241 e. The Bertz CT molecular complexity index is 315. The second-order valence-corrected chi connectivity index (χ2v) is 7.04. The average molecular weight is 283 g/mol. The van der Waals surface area contributed by atoms with Crippen LogP contribution in [0.1, 0.15) is 48.0 Å². The van der Waals surface area contributed by atoms with E-state index in [0.717, 1.165) is 19.5 Å². The number of hydrogen-bond donors (Lipinski definition) is 1. The minimum absolute atomic E-state index is 0.00905. The maximum atomic E-state index is 12.5. The van der Waals surface area contributed by atoms with Crippen LogP contribution in [0.25, 0.3) is 0 Å². The van der Waals surface area contributed by atoms with Gasteiger partial charge < -0.3 is 9.80 Å². The molecule has 1 heterocycles. The van der Waals surface area contributed by atoms with Gasteiger partial charge >= 0.3 is 0 Å². The van der Waals surface area contributed by atoms with Crippen molar-refractivity contribution < 1.29 is 4.79 Å². The second kappa shape index (κ2) is 7.41. The average Bonchev–Trinajstić information content (AvgIpc) is 2.67. The topological polar surface area (TPSA) is 35.6 Å². The van der Waals surface area contributed by atoms with Gasteiger partial charge in [0, 0.05) is 12.6 Å². The molecule has 0 bridgehead atoms. The summed E-state index contributed by atoms with van der Waals surface area (Å²) in [5.41, 5.74) is 0. The summed E-state index contributed by atoms with van der Waals surface area (Å²) in [6.45, 7) is 14.9. The predicted octanol–water partition coefficient (Wildman–Crippen LogP) is 2.16. The molecule has 0 saturated carbocycles. The van der Waals surface area contributed by atoms with Crippen molar-refractivity contribution in [1.29, 1.82) is 0 Å². The largest absolute Gasteiger partial charge is 0.325 e. The Labute approximate surface area is 124 Å². The van der Waals surface area contributed by atoms with Gasteiger partial charge in [-0.25, -0.2) is 0 Å². The van der Waals surface area contributed by atoms with Crippen LogP contribution < -0.4 is 5.32 Å². The number of nitrogens with zero attached hydrogens (tertiary/aromatic N) is 2. The molecule has 2 unspecified atom stereocenters. The highest BCUT2D eigenvalue weighted by molar-refractivity contribution is 5.84. The van der Waals surface area contributed by atoms with Crippen LogP contribution >= 0.6 is 0 Å². The number of carbonyl (C=O) groups is 1. The molecule has 0 aromatic carbocycles. The third kappa shape index (κ3) is 4.19. The molecule has 0 aliphatic carbocycles. The van der Waals surface area contributed by atoms with Gasteiger partial charge in [-0.2, -0.15) is 0 Å². The highest BCUT2D eigenvalue weighted by Gasteiger charge is 2.40. The molecule has 20 heavy (non-hydrogen) atoms. The molecule has 4 nitrogen and oxygen atoms in total. The van der Waals surface area contributed by atoms with E-state index in [9.17, 15) is 4.79 Å². The molecule has 0 aromatic rings. The van der Waals surface area contributed by atoms with E-state index in [4.69, 9.17) is 0 Å². The summed E-state index contributed by atoms with van der Waals surface area (Å²) in [4.78, 5) is 16.9. The zero-order chi connectivity index (χ0) is 15.4. The van der Waals surface area contributed by atoms with E-state index in [-0.39, 0.29) is 18.1 Å². The summed E-state index contributed by atoms with van der Waals surface area (Å²) in [5, 5.41) is 3.51. The van der Waals surface area contributed by atoms with Crippen LogP contribution in [0.15, 0.2) is 0 Å². The van der Waals surface area contributed by atoms with Gasteiger partial charge in [-0.1, -0.05) is 27.7 Å². The van der Waals surface area contributed by atoms with Crippen molar-refractivity contribution >= 4 is 5.91 Å². The van der Waals surface area contributed by atoms with Gasteiger partial charge in [0.15, 0.2) is 0 Å². The molecule has 1 fully saturated rings. The maximum absolute atomic E-state index is 12.5. The molecule has 1 aliphatic rings. The van der Waals surface area contributed by atoms with Gasteiger partial charge in [-0.3, -0.25) is 10.1 Å². The summed E-state index contributed by atoms with van der Waals surface area (Å²) in [6, 6.07) is 0.553. The van der Waals surface area contributed by atoms with E-state index in [0.29, 0.717) is 17.9 Å². The Morgan fingerprint density at radius 3 is 2.20 bits per heavy atom. The van der Waals surface area contributed by atoms with E-state index in [1.807, 2.05) is 0 Å². The van der Waals surface area contributed by atoms with Gasteiger partial charge in [-0.05, 0) is 45.7 Å². The standard InChI is InChI=1S/C16H33N3O/c1-11(2)14-16(20)19(15(17-14)12(3)4)10-8-9-18(7)13(5)6/h11-15,17H,8-10H2,1-7H3. The number of nitrogens with one attached hydrogen (secondary N) is 1. The van der Waals surface area contributed by atoms with E-state index >= 15 is 0 Å². The quantitative estimate of drug-likeness (QED) is 0.778. The molecular weight excluding hydrogens is 250 g/mol. The minimum Gasteiger partial charge on any atom is -0.325 e. The zero-order valence-corrected chi connectivity index (χ0v) is 14.3. The van der Waals surface area contributed by atoms with Crippen molar-refractivity contribution in [3.8, 4) is 0 Å². The van der Waals surface area contributed by atoms with E-state index in [1.165, 1.54) is 0 Å². The molecule has 1 rings (SSSR count). The lowest BCUT2D eigenvalue weighted by molar-refractivity contribution is -0.131. The third-order valence-corrected chi connectivity index (χ3v) is 4.32. The summed E-state index contributed by atoms with van der Waals surface area (Å²) >= 11 is 0. The van der Waals surface area contributed by atoms with Crippen LogP contribution in [0.5, 0.6) is 0 Å². The third-order valence-electron chi connectivity index (χ3n) is 4.32. The first-order valence-corrected chi connectivity index (χ1v) is 8.02. The fraction of sp³-hybridized carbons (Fsp3) is 0.938. The van der Waals surface area contributed by atoms with Crippen molar-refractivity contribution in [1.82, 2.24) is 15.1 Å². The lowest BCUT2D eigenvalue weighted by atomic mass is 10.0. The molecular formula is C16H33N3O. The van der Waals surface area contributed by atoms with Gasteiger partial charge in [0.05, 0.1) is 12.2 Å². The van der Waals surface area contributed by atoms with Crippen molar-refractivity contribution in [3.05, 3.63) is 0 Å². The molecule has 1 amide bonds. The predicted molar refractivity (Wildman–Crippen MR) is 84.5 cm³/mol. The van der Waals surface area contributed by atoms with Crippen LogP contribution in [0.3, 0.4) is 0 Å². The van der Waals surface area contributed by atoms with Crippen molar-refractivity contribution in [3.63, 3.8) is 0 Å². The van der Waals surface area contributed by atoms with Crippen LogP contribution in [0, 0.1) is 11.8 Å². The number of carbonyl (C=O) groups excluding carboxylic acids is 1.